The minimum atomic E-state index is -1.34. The van der Waals surface area contributed by atoms with Crippen molar-refractivity contribution in [2.45, 2.75) is 26.0 Å². The molecular formula is C13H21N7O8. The van der Waals surface area contributed by atoms with Gasteiger partial charge in [-0.15, -0.1) is 0 Å². The highest BCUT2D eigenvalue weighted by molar-refractivity contribution is 6.07. The number of carbonyl (C=O) groups is 7. The number of hydrogen-bond donors (Lipinski definition) is 8. The van der Waals surface area contributed by atoms with Gasteiger partial charge in [-0.2, -0.15) is 0 Å². The average Bonchev–Trinajstić information content (AvgIpc) is 2.56. The van der Waals surface area contributed by atoms with E-state index in [2.05, 4.69) is 5.32 Å². The molecule has 0 aliphatic rings. The second kappa shape index (κ2) is 11.8. The number of rotatable bonds is 5. The van der Waals surface area contributed by atoms with Gasteiger partial charge < -0.3 is 21.1 Å². The molecular weight excluding hydrogens is 382 g/mol. The van der Waals surface area contributed by atoms with Crippen LogP contribution in [0.4, 0.5) is 24.0 Å². The van der Waals surface area contributed by atoms with Gasteiger partial charge in [0.05, 0.1) is 12.6 Å². The van der Waals surface area contributed by atoms with Crippen molar-refractivity contribution in [2.24, 2.45) is 0 Å². The maximum atomic E-state index is 11.6. The van der Waals surface area contributed by atoms with Crippen LogP contribution in [0.5, 0.6) is 0 Å². The summed E-state index contributed by atoms with van der Waals surface area (Å²) < 4.78 is 0. The van der Waals surface area contributed by atoms with Gasteiger partial charge in [0.1, 0.15) is 6.04 Å². The first kappa shape index (κ1) is 24.2. The van der Waals surface area contributed by atoms with Crippen molar-refractivity contribution in [1.82, 2.24) is 37.2 Å². The van der Waals surface area contributed by atoms with E-state index in [1.54, 1.807) is 21.3 Å². The van der Waals surface area contributed by atoms with Gasteiger partial charge in [0.2, 0.25) is 5.91 Å². The maximum absolute atomic E-state index is 11.6. The third-order valence-electron chi connectivity index (χ3n) is 2.78. The van der Waals surface area contributed by atoms with Crippen LogP contribution >= 0.6 is 0 Å². The second-order valence-corrected chi connectivity index (χ2v) is 5.15. The molecule has 156 valence electrons. The molecule has 0 aliphatic heterocycles. The number of nitrogens with one attached hydrogen (secondary N) is 7. The molecule has 11 amide bonds. The number of hydrogen-bond acceptors (Lipinski definition) is 8. The van der Waals surface area contributed by atoms with E-state index >= 15 is 0 Å². The molecule has 0 heterocycles. The molecule has 8 N–H and O–H groups in total. The fourth-order valence-electron chi connectivity index (χ4n) is 1.56. The van der Waals surface area contributed by atoms with Crippen molar-refractivity contribution in [3.05, 3.63) is 0 Å². The zero-order valence-electron chi connectivity index (χ0n) is 15.2. The monoisotopic (exact) mass is 403 g/mol. The lowest BCUT2D eigenvalue weighted by Gasteiger charge is -2.18. The summed E-state index contributed by atoms with van der Waals surface area (Å²) in [6.45, 7) is 1.80. The first-order valence-electron chi connectivity index (χ1n) is 7.63. The first-order chi connectivity index (χ1) is 13.0. The molecule has 0 aromatic rings. The fourth-order valence-corrected chi connectivity index (χ4v) is 1.56. The van der Waals surface area contributed by atoms with Crippen LogP contribution in [-0.2, 0) is 9.59 Å². The minimum Gasteiger partial charge on any atom is -0.391 e. The van der Waals surface area contributed by atoms with Gasteiger partial charge in [-0.25, -0.2) is 24.0 Å². The Morgan fingerprint density at radius 1 is 0.786 bits per heavy atom. The van der Waals surface area contributed by atoms with E-state index in [-0.39, 0.29) is 0 Å². The van der Waals surface area contributed by atoms with Crippen molar-refractivity contribution in [3.63, 3.8) is 0 Å². The Bertz CT molecular complexity index is 663. The highest BCUT2D eigenvalue weighted by atomic mass is 16.3. The zero-order valence-corrected chi connectivity index (χ0v) is 15.2. The molecule has 0 fully saturated rings. The SMILES string of the molecule is CNC(=O)NC(=O)NC(=O)NC(=O)NC(=O)NCC(=O)N[C@H](C(C)=O)C(C)O. The predicted molar refractivity (Wildman–Crippen MR) is 90.9 cm³/mol. The van der Waals surface area contributed by atoms with Crippen LogP contribution < -0.4 is 37.2 Å². The highest BCUT2D eigenvalue weighted by Gasteiger charge is 2.22. The first-order valence-corrected chi connectivity index (χ1v) is 7.63. The Labute approximate surface area is 158 Å². The van der Waals surface area contributed by atoms with Gasteiger partial charge >= 0.3 is 30.2 Å². The van der Waals surface area contributed by atoms with Crippen molar-refractivity contribution in [1.29, 1.82) is 0 Å². The standard InChI is InChI=1S/C13H21N7O8/c1-5(21)8(6(2)22)16-7(23)4-15-10(25)18-12(27)20-13(28)19-11(26)17-9(24)14-3/h5,8,21H,4H2,1-3H3,(H,16,23)(H6,14,15,17,18,19,20,24,25,26,27,28)/t5?,8-/m0/s1. The fraction of sp³-hybridized carbons (Fsp3) is 0.462. The molecule has 1 unspecified atom stereocenters. The van der Waals surface area contributed by atoms with Crippen LogP contribution in [0.2, 0.25) is 0 Å². The van der Waals surface area contributed by atoms with E-state index in [1.807, 2.05) is 10.6 Å². The van der Waals surface area contributed by atoms with Crippen molar-refractivity contribution < 1.29 is 38.7 Å². The number of carbonyl (C=O) groups excluding carboxylic acids is 7. The lowest BCUT2D eigenvalue weighted by atomic mass is 10.1. The summed E-state index contributed by atoms with van der Waals surface area (Å²) in [7, 11) is 1.22. The van der Waals surface area contributed by atoms with Crippen LogP contribution in [0.3, 0.4) is 0 Å². The average molecular weight is 403 g/mol. The Morgan fingerprint density at radius 3 is 1.61 bits per heavy atom. The third kappa shape index (κ3) is 10.3. The summed E-state index contributed by atoms with van der Waals surface area (Å²) in [5.41, 5.74) is 0. The molecule has 0 aromatic carbocycles. The van der Waals surface area contributed by atoms with Crippen molar-refractivity contribution in [3.8, 4) is 0 Å². The number of ketones is 1. The lowest BCUT2D eigenvalue weighted by Crippen LogP contribution is -2.54. The Kier molecular flexibility index (Phi) is 10.2. The Hall–Kier alpha value is -3.75. The van der Waals surface area contributed by atoms with Crippen molar-refractivity contribution >= 4 is 41.8 Å². The summed E-state index contributed by atoms with van der Waals surface area (Å²) in [6, 6.07) is -7.16. The van der Waals surface area contributed by atoms with Crippen LogP contribution in [0.1, 0.15) is 13.8 Å². The van der Waals surface area contributed by atoms with E-state index < -0.39 is 60.5 Å². The molecule has 28 heavy (non-hydrogen) atoms. The number of imide groups is 4. The van der Waals surface area contributed by atoms with E-state index in [4.69, 9.17) is 0 Å². The molecule has 0 spiro atoms. The maximum Gasteiger partial charge on any atom is 0.330 e. The van der Waals surface area contributed by atoms with E-state index in [1.165, 1.54) is 14.0 Å². The normalized spacial score (nSPS) is 11.7. The molecule has 0 aromatic heterocycles. The summed E-state index contributed by atoms with van der Waals surface area (Å²) in [4.78, 5) is 79.0. The van der Waals surface area contributed by atoms with Crippen LogP contribution in [-0.4, -0.2) is 72.7 Å². The summed E-state index contributed by atoms with van der Waals surface area (Å²) in [5, 5.41) is 22.0. The molecule has 0 saturated carbocycles. The van der Waals surface area contributed by atoms with Gasteiger partial charge in [0.15, 0.2) is 5.78 Å². The molecule has 0 bridgehead atoms. The van der Waals surface area contributed by atoms with Gasteiger partial charge in [-0.3, -0.25) is 30.9 Å². The van der Waals surface area contributed by atoms with E-state index in [9.17, 15) is 38.7 Å². The van der Waals surface area contributed by atoms with E-state index in [0.717, 1.165) is 6.92 Å². The molecule has 0 aliphatic carbocycles. The van der Waals surface area contributed by atoms with E-state index in [0.29, 0.717) is 0 Å². The molecule has 2 atom stereocenters. The van der Waals surface area contributed by atoms with Crippen LogP contribution in [0.15, 0.2) is 0 Å². The van der Waals surface area contributed by atoms with Gasteiger partial charge in [-0.1, -0.05) is 0 Å². The third-order valence-corrected chi connectivity index (χ3v) is 2.78. The largest absolute Gasteiger partial charge is 0.391 e. The minimum absolute atomic E-state index is 0.501. The summed E-state index contributed by atoms with van der Waals surface area (Å²) in [6.07, 6.45) is -1.15. The highest BCUT2D eigenvalue weighted by Crippen LogP contribution is 1.94. The second-order valence-electron chi connectivity index (χ2n) is 5.15. The predicted octanol–water partition coefficient (Wildman–Crippen LogP) is -2.79. The molecule has 0 saturated heterocycles. The van der Waals surface area contributed by atoms with Crippen LogP contribution in [0, 0.1) is 0 Å². The van der Waals surface area contributed by atoms with Gasteiger partial charge in [-0.05, 0) is 13.8 Å². The zero-order chi connectivity index (χ0) is 21.9. The Balaban J connectivity index is 4.28. The number of urea groups is 5. The van der Waals surface area contributed by atoms with Crippen LogP contribution in [0.25, 0.3) is 0 Å². The topological polar surface area (TPSA) is 224 Å². The van der Waals surface area contributed by atoms with Crippen molar-refractivity contribution in [2.75, 3.05) is 13.6 Å². The molecule has 0 radical (unpaired) electrons. The van der Waals surface area contributed by atoms with Gasteiger partial charge in [0.25, 0.3) is 0 Å². The number of Topliss-reactive ketones (excluding diaryl/α,β-unsaturated/α-hetero) is 1. The number of amides is 11. The molecule has 0 rings (SSSR count). The summed E-state index contributed by atoms with van der Waals surface area (Å²) >= 11 is 0. The Morgan fingerprint density at radius 2 is 1.21 bits per heavy atom. The summed E-state index contributed by atoms with van der Waals surface area (Å²) in [5.74, 6) is -1.32. The molecule has 15 nitrogen and oxygen atoms in total. The number of aliphatic hydroxyl groups is 1. The smallest absolute Gasteiger partial charge is 0.330 e. The number of aliphatic hydroxyl groups excluding tert-OH is 1. The quantitative estimate of drug-likeness (QED) is 0.239. The van der Waals surface area contributed by atoms with Gasteiger partial charge in [0, 0.05) is 7.05 Å². The lowest BCUT2D eigenvalue weighted by molar-refractivity contribution is -0.128. The molecule has 15 heteroatoms.